The minimum Gasteiger partial charge on any atom is -0.387 e. The van der Waals surface area contributed by atoms with Crippen molar-refractivity contribution in [3.05, 3.63) is 29.3 Å². The molecule has 2 atom stereocenters. The van der Waals surface area contributed by atoms with Gasteiger partial charge in [0.05, 0.1) is 26.9 Å². The fraction of sp³-hybridized carbons (Fsp3) is 0.462. The number of para-hydroxylation sites is 1. The van der Waals surface area contributed by atoms with Crippen molar-refractivity contribution in [2.45, 2.75) is 31.5 Å². The second-order valence-corrected chi connectivity index (χ2v) is 5.73. The Morgan fingerprint density at radius 2 is 2.35 bits per heavy atom. The summed E-state index contributed by atoms with van der Waals surface area (Å²) < 4.78 is 6.62. The predicted octanol–water partition coefficient (Wildman–Crippen LogP) is 2.38. The molecular formula is C13H15NO2S. The highest BCUT2D eigenvalue weighted by Gasteiger charge is 2.40. The van der Waals surface area contributed by atoms with Crippen LogP contribution < -0.4 is 0 Å². The highest BCUT2D eigenvalue weighted by molar-refractivity contribution is 7.18. The third-order valence-corrected chi connectivity index (χ3v) is 4.49. The lowest BCUT2D eigenvalue weighted by Crippen LogP contribution is -2.38. The first kappa shape index (κ1) is 11.1. The molecular weight excluding hydrogens is 234 g/mol. The molecule has 1 aliphatic heterocycles. The highest BCUT2D eigenvalue weighted by atomic mass is 32.1. The van der Waals surface area contributed by atoms with Gasteiger partial charge < -0.3 is 9.84 Å². The van der Waals surface area contributed by atoms with E-state index in [9.17, 15) is 5.11 Å². The highest BCUT2D eigenvalue weighted by Crippen LogP contribution is 2.32. The van der Waals surface area contributed by atoms with Gasteiger partial charge in [-0.15, -0.1) is 11.3 Å². The first-order valence-corrected chi connectivity index (χ1v) is 6.67. The summed E-state index contributed by atoms with van der Waals surface area (Å²) in [4.78, 5) is 4.56. The van der Waals surface area contributed by atoms with Crippen molar-refractivity contribution < 1.29 is 9.84 Å². The van der Waals surface area contributed by atoms with Crippen LogP contribution in [0.4, 0.5) is 0 Å². The molecule has 3 rings (SSSR count). The van der Waals surface area contributed by atoms with E-state index < -0.39 is 5.60 Å². The zero-order valence-electron chi connectivity index (χ0n) is 9.72. The van der Waals surface area contributed by atoms with Gasteiger partial charge in [0, 0.05) is 19.4 Å². The monoisotopic (exact) mass is 249 g/mol. The smallest absolute Gasteiger partial charge is 0.0990 e. The van der Waals surface area contributed by atoms with Crippen LogP contribution >= 0.6 is 11.3 Å². The minimum atomic E-state index is -0.742. The molecule has 0 spiro atoms. The summed E-state index contributed by atoms with van der Waals surface area (Å²) in [5.74, 6) is 0. The van der Waals surface area contributed by atoms with Crippen LogP contribution in [0.1, 0.15) is 18.4 Å². The first-order valence-electron chi connectivity index (χ1n) is 5.86. The van der Waals surface area contributed by atoms with E-state index in [1.54, 1.807) is 11.3 Å². The van der Waals surface area contributed by atoms with Gasteiger partial charge in [-0.05, 0) is 19.1 Å². The van der Waals surface area contributed by atoms with Crippen LogP contribution in [0, 0.1) is 0 Å². The largest absolute Gasteiger partial charge is 0.387 e. The molecule has 2 unspecified atom stereocenters. The van der Waals surface area contributed by atoms with Crippen molar-refractivity contribution >= 4 is 21.6 Å². The van der Waals surface area contributed by atoms with Crippen LogP contribution in [-0.2, 0) is 11.2 Å². The molecule has 1 aromatic heterocycles. The summed E-state index contributed by atoms with van der Waals surface area (Å²) in [7, 11) is 0. The molecule has 3 nitrogen and oxygen atoms in total. The molecule has 1 aromatic carbocycles. The summed E-state index contributed by atoms with van der Waals surface area (Å²) in [6, 6.07) is 8.07. The van der Waals surface area contributed by atoms with E-state index in [4.69, 9.17) is 4.74 Å². The number of ether oxygens (including phenoxy) is 1. The number of hydrogen-bond acceptors (Lipinski definition) is 4. The first-order chi connectivity index (χ1) is 8.17. The summed E-state index contributed by atoms with van der Waals surface area (Å²) in [6.07, 6.45) is 1.19. The molecule has 0 bridgehead atoms. The molecule has 2 heterocycles. The van der Waals surface area contributed by atoms with E-state index in [2.05, 4.69) is 11.1 Å². The lowest BCUT2D eigenvalue weighted by Gasteiger charge is -2.24. The second-order valence-electron chi connectivity index (χ2n) is 4.62. The maximum absolute atomic E-state index is 10.5. The molecule has 17 heavy (non-hydrogen) atoms. The van der Waals surface area contributed by atoms with Crippen LogP contribution in [0.15, 0.2) is 24.3 Å². The van der Waals surface area contributed by atoms with Gasteiger partial charge in [-0.1, -0.05) is 12.1 Å². The SMILES string of the molecule is CC1OCCC1(O)Cc1nc2ccccc2s1. The molecule has 1 aliphatic rings. The van der Waals surface area contributed by atoms with Crippen LogP contribution in [0.5, 0.6) is 0 Å². The summed E-state index contributed by atoms with van der Waals surface area (Å²) in [5, 5.41) is 11.5. The van der Waals surface area contributed by atoms with Crippen molar-refractivity contribution in [3.63, 3.8) is 0 Å². The fourth-order valence-electron chi connectivity index (χ4n) is 2.26. The van der Waals surface area contributed by atoms with E-state index in [0.29, 0.717) is 19.4 Å². The van der Waals surface area contributed by atoms with E-state index in [1.807, 2.05) is 25.1 Å². The molecule has 0 aliphatic carbocycles. The van der Waals surface area contributed by atoms with Gasteiger partial charge in [-0.2, -0.15) is 0 Å². The lowest BCUT2D eigenvalue weighted by atomic mass is 9.93. The molecule has 0 saturated carbocycles. The number of aromatic nitrogens is 1. The minimum absolute atomic E-state index is 0.102. The summed E-state index contributed by atoms with van der Waals surface area (Å²) in [5.41, 5.74) is 0.274. The van der Waals surface area contributed by atoms with Gasteiger partial charge in [0.25, 0.3) is 0 Å². The van der Waals surface area contributed by atoms with E-state index in [-0.39, 0.29) is 6.10 Å². The van der Waals surface area contributed by atoms with Crippen LogP contribution in [-0.4, -0.2) is 28.4 Å². The third-order valence-electron chi connectivity index (χ3n) is 3.46. The number of hydrogen-bond donors (Lipinski definition) is 1. The maximum Gasteiger partial charge on any atom is 0.0990 e. The van der Waals surface area contributed by atoms with Crippen molar-refractivity contribution in [2.24, 2.45) is 0 Å². The number of aliphatic hydroxyl groups is 1. The Bertz CT molecular complexity index is 506. The van der Waals surface area contributed by atoms with Gasteiger partial charge in [0.15, 0.2) is 0 Å². The number of rotatable bonds is 2. The zero-order chi connectivity index (χ0) is 11.9. The topological polar surface area (TPSA) is 42.4 Å². The Balaban J connectivity index is 1.89. The van der Waals surface area contributed by atoms with Crippen molar-refractivity contribution in [3.8, 4) is 0 Å². The predicted molar refractivity (Wildman–Crippen MR) is 68.3 cm³/mol. The van der Waals surface area contributed by atoms with Gasteiger partial charge in [-0.25, -0.2) is 4.98 Å². The van der Waals surface area contributed by atoms with E-state index in [0.717, 1.165) is 10.5 Å². The van der Waals surface area contributed by atoms with Gasteiger partial charge in [-0.3, -0.25) is 0 Å². The number of benzene rings is 1. The quantitative estimate of drug-likeness (QED) is 0.888. The Morgan fingerprint density at radius 3 is 3.06 bits per heavy atom. The Kier molecular flexibility index (Phi) is 2.65. The Hall–Kier alpha value is -0.970. The third kappa shape index (κ3) is 1.97. The van der Waals surface area contributed by atoms with Crippen molar-refractivity contribution in [1.82, 2.24) is 4.98 Å². The Morgan fingerprint density at radius 1 is 1.53 bits per heavy atom. The zero-order valence-corrected chi connectivity index (χ0v) is 10.5. The Labute approximate surface area is 104 Å². The molecule has 4 heteroatoms. The van der Waals surface area contributed by atoms with Crippen molar-refractivity contribution in [2.75, 3.05) is 6.61 Å². The van der Waals surface area contributed by atoms with Crippen molar-refractivity contribution in [1.29, 1.82) is 0 Å². The lowest BCUT2D eigenvalue weighted by molar-refractivity contribution is -0.0268. The van der Waals surface area contributed by atoms with E-state index in [1.165, 1.54) is 4.70 Å². The molecule has 1 fully saturated rings. The normalized spacial score (nSPS) is 28.9. The number of fused-ring (bicyclic) bond motifs is 1. The molecule has 90 valence electrons. The van der Waals surface area contributed by atoms with Crippen LogP contribution in [0.3, 0.4) is 0 Å². The number of thiazole rings is 1. The average Bonchev–Trinajstić information content (AvgIpc) is 2.83. The standard InChI is InChI=1S/C13H15NO2S/c1-9-13(15,6-7-16-9)8-12-14-10-4-2-3-5-11(10)17-12/h2-5,9,15H,6-8H2,1H3. The molecule has 0 radical (unpaired) electrons. The summed E-state index contributed by atoms with van der Waals surface area (Å²) >= 11 is 1.66. The molecule has 0 amide bonds. The molecule has 2 aromatic rings. The van der Waals surface area contributed by atoms with Crippen LogP contribution in [0.2, 0.25) is 0 Å². The van der Waals surface area contributed by atoms with Gasteiger partial charge >= 0.3 is 0 Å². The maximum atomic E-state index is 10.5. The van der Waals surface area contributed by atoms with Gasteiger partial charge in [0.1, 0.15) is 0 Å². The summed E-state index contributed by atoms with van der Waals surface area (Å²) in [6.45, 7) is 2.57. The van der Waals surface area contributed by atoms with E-state index >= 15 is 0 Å². The fourth-order valence-corrected chi connectivity index (χ4v) is 3.35. The molecule has 1 saturated heterocycles. The second kappa shape index (κ2) is 4.05. The molecule has 1 N–H and O–H groups in total. The van der Waals surface area contributed by atoms with Crippen LogP contribution in [0.25, 0.3) is 10.2 Å². The number of nitrogens with zero attached hydrogens (tertiary/aromatic N) is 1. The van der Waals surface area contributed by atoms with Gasteiger partial charge in [0.2, 0.25) is 0 Å². The average molecular weight is 249 g/mol.